The van der Waals surface area contributed by atoms with Crippen LogP contribution in [0.1, 0.15) is 38.9 Å². The van der Waals surface area contributed by atoms with E-state index in [0.29, 0.717) is 0 Å². The van der Waals surface area contributed by atoms with E-state index in [0.717, 1.165) is 33.5 Å². The summed E-state index contributed by atoms with van der Waals surface area (Å²) in [4.78, 5) is 0. The van der Waals surface area contributed by atoms with Gasteiger partial charge in [-0.2, -0.15) is 0 Å². The van der Waals surface area contributed by atoms with Gasteiger partial charge in [0, 0.05) is 11.3 Å². The monoisotopic (exact) mass is 330 g/mol. The third-order valence-corrected chi connectivity index (χ3v) is 5.59. The predicted octanol–water partition coefficient (Wildman–Crippen LogP) is 4.75. The molecule has 0 aromatic heterocycles. The van der Waals surface area contributed by atoms with Gasteiger partial charge in [0.25, 0.3) is 0 Å². The third-order valence-electron chi connectivity index (χ3n) is 5.59. The van der Waals surface area contributed by atoms with E-state index in [4.69, 9.17) is 11.5 Å². The van der Waals surface area contributed by atoms with E-state index in [1.807, 2.05) is 36.4 Å². The molecule has 0 spiro atoms. The fraction of sp³-hybridized carbons (Fsp3) is 0.217. The van der Waals surface area contributed by atoms with Crippen LogP contribution >= 0.6 is 0 Å². The molecule has 4 N–H and O–H groups in total. The minimum Gasteiger partial charge on any atom is -0.398 e. The summed E-state index contributed by atoms with van der Waals surface area (Å²) in [6.45, 7) is 8.48. The molecule has 3 aromatic carbocycles. The summed E-state index contributed by atoms with van der Waals surface area (Å²) in [5, 5.41) is 0. The average Bonchev–Trinajstić information content (AvgIpc) is 2.66. The molecular formula is C23H26N2. The number of benzene rings is 3. The van der Waals surface area contributed by atoms with E-state index in [9.17, 15) is 0 Å². The molecular weight excluding hydrogens is 304 g/mol. The van der Waals surface area contributed by atoms with Crippen molar-refractivity contribution in [1.29, 1.82) is 0 Å². The lowest BCUT2D eigenvalue weighted by Crippen LogP contribution is -2.41. The molecule has 0 bridgehead atoms. The highest BCUT2D eigenvalue weighted by molar-refractivity contribution is 5.69. The van der Waals surface area contributed by atoms with E-state index in [2.05, 4.69) is 52.0 Å². The second-order valence-electron chi connectivity index (χ2n) is 6.83. The summed E-state index contributed by atoms with van der Waals surface area (Å²) in [5.74, 6) is 0. The molecule has 0 heterocycles. The molecule has 128 valence electrons. The second kappa shape index (κ2) is 6.38. The van der Waals surface area contributed by atoms with Crippen LogP contribution in [0.2, 0.25) is 0 Å². The minimum atomic E-state index is -0.792. The normalized spacial score (nSPS) is 11.6. The molecule has 0 saturated heterocycles. The van der Waals surface area contributed by atoms with Crippen LogP contribution in [0.3, 0.4) is 0 Å². The first-order valence-electron chi connectivity index (χ1n) is 8.65. The zero-order valence-corrected chi connectivity index (χ0v) is 15.4. The van der Waals surface area contributed by atoms with E-state index >= 15 is 0 Å². The van der Waals surface area contributed by atoms with E-state index in [1.165, 1.54) is 11.1 Å². The number of anilines is 1. The van der Waals surface area contributed by atoms with Crippen LogP contribution in [0, 0.1) is 27.7 Å². The summed E-state index contributed by atoms with van der Waals surface area (Å²) in [6, 6.07) is 20.4. The zero-order valence-electron chi connectivity index (χ0n) is 15.4. The van der Waals surface area contributed by atoms with Crippen molar-refractivity contribution >= 4 is 5.69 Å². The molecule has 0 fully saturated rings. The number of hydrogen-bond donors (Lipinski definition) is 2. The first kappa shape index (κ1) is 17.2. The Labute approximate surface area is 150 Å². The van der Waals surface area contributed by atoms with Gasteiger partial charge in [-0.3, -0.25) is 0 Å². The van der Waals surface area contributed by atoms with Gasteiger partial charge in [0.15, 0.2) is 0 Å². The van der Waals surface area contributed by atoms with Crippen LogP contribution in [0.25, 0.3) is 0 Å². The van der Waals surface area contributed by atoms with Crippen molar-refractivity contribution < 1.29 is 0 Å². The molecule has 0 unspecified atom stereocenters. The van der Waals surface area contributed by atoms with Gasteiger partial charge in [-0.1, -0.05) is 60.7 Å². The van der Waals surface area contributed by atoms with Crippen molar-refractivity contribution in [3.05, 3.63) is 99.6 Å². The molecule has 3 aromatic rings. The summed E-state index contributed by atoms with van der Waals surface area (Å²) < 4.78 is 0. The Morgan fingerprint density at radius 1 is 0.600 bits per heavy atom. The molecule has 0 amide bonds. The van der Waals surface area contributed by atoms with Crippen molar-refractivity contribution in [3.63, 3.8) is 0 Å². The van der Waals surface area contributed by atoms with Crippen LogP contribution in [-0.2, 0) is 5.54 Å². The van der Waals surface area contributed by atoms with Crippen molar-refractivity contribution in [3.8, 4) is 0 Å². The summed E-state index contributed by atoms with van der Waals surface area (Å²) >= 11 is 0. The summed E-state index contributed by atoms with van der Waals surface area (Å²) in [6.07, 6.45) is 0. The van der Waals surface area contributed by atoms with Gasteiger partial charge in [0.2, 0.25) is 0 Å². The number of nitrogens with two attached hydrogens (primary N) is 2. The van der Waals surface area contributed by atoms with Crippen LogP contribution < -0.4 is 11.5 Å². The van der Waals surface area contributed by atoms with Crippen molar-refractivity contribution in [2.75, 3.05) is 5.73 Å². The molecule has 0 aliphatic heterocycles. The molecule has 3 rings (SSSR count). The number of hydrogen-bond acceptors (Lipinski definition) is 2. The molecule has 0 atom stereocenters. The topological polar surface area (TPSA) is 52.0 Å². The third kappa shape index (κ3) is 2.63. The Bertz CT molecular complexity index is 828. The Balaban J connectivity index is 2.44. The van der Waals surface area contributed by atoms with Gasteiger partial charge in [0.05, 0.1) is 5.54 Å². The first-order chi connectivity index (χ1) is 11.9. The predicted molar refractivity (Wildman–Crippen MR) is 107 cm³/mol. The quantitative estimate of drug-likeness (QED) is 0.538. The maximum atomic E-state index is 7.17. The highest BCUT2D eigenvalue weighted by Gasteiger charge is 2.36. The van der Waals surface area contributed by atoms with Crippen LogP contribution in [0.4, 0.5) is 5.69 Å². The van der Waals surface area contributed by atoms with Gasteiger partial charge in [0.1, 0.15) is 0 Å². The largest absolute Gasteiger partial charge is 0.398 e. The number of nitrogen functional groups attached to an aromatic ring is 1. The Morgan fingerprint density at radius 3 is 1.44 bits per heavy atom. The van der Waals surface area contributed by atoms with E-state index in [-0.39, 0.29) is 0 Å². The molecule has 0 aliphatic carbocycles. The maximum Gasteiger partial charge on any atom is 0.0945 e. The smallest absolute Gasteiger partial charge is 0.0945 e. The summed E-state index contributed by atoms with van der Waals surface area (Å²) in [5.41, 5.74) is 21.7. The van der Waals surface area contributed by atoms with E-state index in [1.54, 1.807) is 0 Å². The molecule has 2 heteroatoms. The standard InChI is InChI=1S/C23H26N2/c1-15-16(2)18(4)22(24)21(17(15)3)23(25,19-11-7-5-8-12-19)20-13-9-6-10-14-20/h5-14H,24-25H2,1-4H3. The van der Waals surface area contributed by atoms with Crippen LogP contribution in [-0.4, -0.2) is 0 Å². The first-order valence-corrected chi connectivity index (χ1v) is 8.65. The Hall–Kier alpha value is -2.58. The molecule has 25 heavy (non-hydrogen) atoms. The fourth-order valence-corrected chi connectivity index (χ4v) is 3.71. The van der Waals surface area contributed by atoms with Gasteiger partial charge < -0.3 is 11.5 Å². The van der Waals surface area contributed by atoms with Gasteiger partial charge in [-0.15, -0.1) is 0 Å². The Kier molecular flexibility index (Phi) is 4.40. The maximum absolute atomic E-state index is 7.17. The molecule has 0 saturated carbocycles. The van der Waals surface area contributed by atoms with Crippen LogP contribution in [0.15, 0.2) is 60.7 Å². The van der Waals surface area contributed by atoms with Gasteiger partial charge in [-0.05, 0) is 61.1 Å². The summed E-state index contributed by atoms with van der Waals surface area (Å²) in [7, 11) is 0. The molecule has 2 nitrogen and oxygen atoms in total. The van der Waals surface area contributed by atoms with E-state index < -0.39 is 5.54 Å². The van der Waals surface area contributed by atoms with Gasteiger partial charge >= 0.3 is 0 Å². The SMILES string of the molecule is Cc1c(C)c(C)c(C(N)(c2ccccc2)c2ccccc2)c(N)c1C. The van der Waals surface area contributed by atoms with Crippen LogP contribution in [0.5, 0.6) is 0 Å². The molecule has 0 aliphatic rings. The van der Waals surface area contributed by atoms with Crippen molar-refractivity contribution in [2.24, 2.45) is 5.73 Å². The lowest BCUT2D eigenvalue weighted by molar-refractivity contribution is 0.648. The van der Waals surface area contributed by atoms with Gasteiger partial charge in [-0.25, -0.2) is 0 Å². The Morgan fingerprint density at radius 2 is 1.00 bits per heavy atom. The van der Waals surface area contributed by atoms with Crippen molar-refractivity contribution in [1.82, 2.24) is 0 Å². The number of rotatable bonds is 3. The second-order valence-corrected chi connectivity index (χ2v) is 6.83. The lowest BCUT2D eigenvalue weighted by Gasteiger charge is -2.35. The zero-order chi connectivity index (χ0) is 18.2. The van der Waals surface area contributed by atoms with Crippen molar-refractivity contribution in [2.45, 2.75) is 33.2 Å². The molecule has 0 radical (unpaired) electrons. The lowest BCUT2D eigenvalue weighted by atomic mass is 9.73. The average molecular weight is 330 g/mol. The highest BCUT2D eigenvalue weighted by atomic mass is 14.8. The fourth-order valence-electron chi connectivity index (χ4n) is 3.71. The minimum absolute atomic E-state index is 0.788. The highest BCUT2D eigenvalue weighted by Crippen LogP contribution is 2.42.